The molecule has 4 aliphatic heterocycles. The van der Waals surface area contributed by atoms with Gasteiger partial charge >= 0.3 is 5.97 Å². The third-order valence-electron chi connectivity index (χ3n) is 4.81. The van der Waals surface area contributed by atoms with Crippen LogP contribution in [0.25, 0.3) is 0 Å². The minimum atomic E-state index is -0.673. The average Bonchev–Trinajstić information content (AvgIpc) is 3.05. The smallest absolute Gasteiger partial charge is 0.337 e. The molecule has 4 fully saturated rings. The van der Waals surface area contributed by atoms with Gasteiger partial charge in [-0.05, 0) is 13.8 Å². The zero-order valence-corrected chi connectivity index (χ0v) is 13.1. The minimum Gasteiger partial charge on any atom is -0.467 e. The molecule has 4 rings (SSSR count). The Morgan fingerprint density at radius 1 is 1.23 bits per heavy atom. The molecule has 0 amide bonds. The summed E-state index contributed by atoms with van der Waals surface area (Å²) < 4.78 is 28.5. The van der Waals surface area contributed by atoms with E-state index in [1.54, 1.807) is 12.1 Å². The van der Waals surface area contributed by atoms with Crippen LogP contribution >= 0.6 is 0 Å². The molecule has 4 heterocycles. The largest absolute Gasteiger partial charge is 0.467 e. The van der Waals surface area contributed by atoms with E-state index in [0.717, 1.165) is 0 Å². The maximum absolute atomic E-state index is 11.9. The van der Waals surface area contributed by atoms with Crippen LogP contribution < -0.4 is 0 Å². The van der Waals surface area contributed by atoms with E-state index in [-0.39, 0.29) is 30.3 Å². The first kappa shape index (κ1) is 14.8. The highest BCUT2D eigenvalue weighted by molar-refractivity contribution is 5.75. The van der Waals surface area contributed by atoms with Crippen LogP contribution in [-0.4, -0.2) is 74.3 Å². The van der Waals surface area contributed by atoms with Gasteiger partial charge in [0.1, 0.15) is 18.3 Å². The number of ether oxygens (including phenoxy) is 5. The Bertz CT molecular complexity index is 484. The first-order chi connectivity index (χ1) is 10.4. The standard InChI is InChI=1S/C14H21NO7/c1-14(2)20-11-10-9(19-13(11)21-14)7-6(5-18-10)8(12(16)17-4)22-15(7)3/h6-11,13H,5H2,1-4H3/t6-,7-,8-,9+,10-,11+,13+/m0/s1. The Morgan fingerprint density at radius 2 is 2.00 bits per heavy atom. The Hall–Kier alpha value is -0.770. The number of hydrogen-bond donors (Lipinski definition) is 0. The second kappa shape index (κ2) is 4.86. The summed E-state index contributed by atoms with van der Waals surface area (Å²) in [5, 5.41) is 1.68. The Morgan fingerprint density at radius 3 is 2.73 bits per heavy atom. The molecule has 0 spiro atoms. The summed E-state index contributed by atoms with van der Waals surface area (Å²) in [6.07, 6.45) is -1.86. The van der Waals surface area contributed by atoms with Gasteiger partial charge in [0.25, 0.3) is 0 Å². The molecule has 0 bridgehead atoms. The van der Waals surface area contributed by atoms with Crippen LogP contribution in [0.2, 0.25) is 0 Å². The van der Waals surface area contributed by atoms with E-state index < -0.39 is 24.2 Å². The number of likely N-dealkylation sites (N-methyl/N-ethyl adjacent to an activating group) is 1. The van der Waals surface area contributed by atoms with Gasteiger partial charge in [-0.3, -0.25) is 4.84 Å². The molecule has 0 aliphatic carbocycles. The monoisotopic (exact) mass is 315 g/mol. The number of nitrogens with zero attached hydrogens (tertiary/aromatic N) is 1. The quantitative estimate of drug-likeness (QED) is 0.609. The molecule has 4 aliphatic rings. The Kier molecular flexibility index (Phi) is 3.27. The van der Waals surface area contributed by atoms with E-state index in [1.165, 1.54) is 7.11 Å². The zero-order valence-electron chi connectivity index (χ0n) is 13.1. The Balaban J connectivity index is 1.56. The van der Waals surface area contributed by atoms with Crippen LogP contribution in [0.4, 0.5) is 0 Å². The van der Waals surface area contributed by atoms with Crippen molar-refractivity contribution in [3.63, 3.8) is 0 Å². The molecule has 0 N–H and O–H groups in total. The first-order valence-electron chi connectivity index (χ1n) is 7.51. The van der Waals surface area contributed by atoms with Crippen molar-refractivity contribution in [3.05, 3.63) is 0 Å². The fourth-order valence-corrected chi connectivity index (χ4v) is 3.94. The highest BCUT2D eigenvalue weighted by Gasteiger charge is 2.64. The van der Waals surface area contributed by atoms with Crippen LogP contribution in [0.15, 0.2) is 0 Å². The van der Waals surface area contributed by atoms with E-state index in [4.69, 9.17) is 28.5 Å². The number of carbonyl (C=O) groups excluding carboxylic acids is 1. The number of esters is 1. The van der Waals surface area contributed by atoms with Gasteiger partial charge < -0.3 is 23.7 Å². The van der Waals surface area contributed by atoms with E-state index in [0.29, 0.717) is 6.61 Å². The van der Waals surface area contributed by atoms with Gasteiger partial charge in [0, 0.05) is 13.0 Å². The van der Waals surface area contributed by atoms with Crippen molar-refractivity contribution in [2.75, 3.05) is 20.8 Å². The third-order valence-corrected chi connectivity index (χ3v) is 4.81. The fourth-order valence-electron chi connectivity index (χ4n) is 3.94. The summed E-state index contributed by atoms with van der Waals surface area (Å²) in [4.78, 5) is 17.5. The van der Waals surface area contributed by atoms with Gasteiger partial charge in [0.15, 0.2) is 18.2 Å². The first-order valence-corrected chi connectivity index (χ1v) is 7.51. The highest BCUT2D eigenvalue weighted by Crippen LogP contribution is 2.46. The van der Waals surface area contributed by atoms with E-state index in [9.17, 15) is 4.79 Å². The van der Waals surface area contributed by atoms with Crippen molar-refractivity contribution in [2.24, 2.45) is 5.92 Å². The summed E-state index contributed by atoms with van der Waals surface area (Å²) in [5.74, 6) is -1.20. The van der Waals surface area contributed by atoms with Gasteiger partial charge in [-0.25, -0.2) is 4.79 Å². The molecule has 0 aromatic heterocycles. The van der Waals surface area contributed by atoms with E-state index >= 15 is 0 Å². The lowest BCUT2D eigenvalue weighted by Crippen LogP contribution is -2.55. The van der Waals surface area contributed by atoms with Crippen molar-refractivity contribution in [1.29, 1.82) is 0 Å². The molecule has 8 heteroatoms. The maximum Gasteiger partial charge on any atom is 0.337 e. The predicted octanol–water partition coefficient (Wildman–Crippen LogP) is -0.335. The van der Waals surface area contributed by atoms with Crippen LogP contribution in [0.1, 0.15) is 13.8 Å². The second-order valence-electron chi connectivity index (χ2n) is 6.62. The lowest BCUT2D eigenvalue weighted by molar-refractivity contribution is -0.243. The number of rotatable bonds is 1. The third kappa shape index (κ3) is 2.02. The van der Waals surface area contributed by atoms with Gasteiger partial charge in [-0.2, -0.15) is 5.06 Å². The minimum absolute atomic E-state index is 0.0937. The van der Waals surface area contributed by atoms with Crippen LogP contribution in [-0.2, 0) is 33.3 Å². The van der Waals surface area contributed by atoms with Gasteiger partial charge in [-0.15, -0.1) is 0 Å². The molecule has 8 nitrogen and oxygen atoms in total. The van der Waals surface area contributed by atoms with Crippen molar-refractivity contribution in [2.45, 2.75) is 56.4 Å². The average molecular weight is 315 g/mol. The summed E-state index contributed by atoms with van der Waals surface area (Å²) >= 11 is 0. The van der Waals surface area contributed by atoms with E-state index in [2.05, 4.69) is 0 Å². The molecular formula is C14H21NO7. The molecule has 0 saturated carbocycles. The van der Waals surface area contributed by atoms with E-state index in [1.807, 2.05) is 13.8 Å². The van der Waals surface area contributed by atoms with Crippen LogP contribution in [0.5, 0.6) is 0 Å². The number of fused-ring (bicyclic) bond motifs is 5. The molecule has 0 aromatic carbocycles. The molecule has 124 valence electrons. The lowest BCUT2D eigenvalue weighted by atomic mass is 9.86. The number of methoxy groups -OCH3 is 1. The molecule has 0 radical (unpaired) electrons. The molecule has 22 heavy (non-hydrogen) atoms. The summed E-state index contributed by atoms with van der Waals surface area (Å²) in [5.41, 5.74) is 0. The van der Waals surface area contributed by atoms with Crippen LogP contribution in [0.3, 0.4) is 0 Å². The lowest BCUT2D eigenvalue weighted by Gasteiger charge is -2.38. The molecule has 4 saturated heterocycles. The predicted molar refractivity (Wildman–Crippen MR) is 70.4 cm³/mol. The summed E-state index contributed by atoms with van der Waals surface area (Å²) in [6.45, 7) is 4.10. The highest BCUT2D eigenvalue weighted by atomic mass is 16.8. The van der Waals surface area contributed by atoms with Crippen molar-refractivity contribution in [3.8, 4) is 0 Å². The molecular weight excluding hydrogens is 294 g/mol. The molecule has 0 aromatic rings. The SMILES string of the molecule is COC(=O)[C@H]1ON(C)[C@H]2[C@@H]1CO[C@@H]1[C@H]3OC(C)(C)O[C@H]3O[C@@H]12. The van der Waals surface area contributed by atoms with Crippen molar-refractivity contribution in [1.82, 2.24) is 5.06 Å². The normalized spacial score (nSPS) is 49.5. The van der Waals surface area contributed by atoms with Gasteiger partial charge in [0.2, 0.25) is 0 Å². The van der Waals surface area contributed by atoms with Gasteiger partial charge in [-0.1, -0.05) is 0 Å². The Labute approximate surface area is 128 Å². The topological polar surface area (TPSA) is 75.7 Å². The van der Waals surface area contributed by atoms with Gasteiger partial charge in [0.05, 0.1) is 19.8 Å². The summed E-state index contributed by atoms with van der Waals surface area (Å²) in [7, 11) is 3.15. The zero-order chi connectivity index (χ0) is 15.6. The number of carbonyl (C=O) groups is 1. The number of hydroxylamine groups is 2. The second-order valence-corrected chi connectivity index (χ2v) is 6.62. The number of hydrogen-bond acceptors (Lipinski definition) is 8. The van der Waals surface area contributed by atoms with Crippen LogP contribution in [0, 0.1) is 5.92 Å². The van der Waals surface area contributed by atoms with Crippen molar-refractivity contribution >= 4 is 5.97 Å². The van der Waals surface area contributed by atoms with Crippen molar-refractivity contribution < 1.29 is 33.3 Å². The fraction of sp³-hybridized carbons (Fsp3) is 0.929. The molecule has 0 unspecified atom stereocenters. The molecule has 7 atom stereocenters. The maximum atomic E-state index is 11.9. The summed E-state index contributed by atoms with van der Waals surface area (Å²) in [6, 6.07) is -0.0937.